The smallest absolute Gasteiger partial charge is 0.101 e. The molecule has 0 N–H and O–H groups in total. The number of nitrogens with zero attached hydrogens (tertiary/aromatic N) is 2. The average Bonchev–Trinajstić information content (AvgIpc) is 2.46. The van der Waals surface area contributed by atoms with Crippen LogP contribution in [0.25, 0.3) is 0 Å². The molecule has 2 unspecified atom stereocenters. The van der Waals surface area contributed by atoms with Gasteiger partial charge in [0.05, 0.1) is 11.3 Å². The molecular formula is C16H21ClN2. The first kappa shape index (κ1) is 14.2. The first-order valence-corrected chi connectivity index (χ1v) is 7.52. The summed E-state index contributed by atoms with van der Waals surface area (Å²) in [5.74, 6) is 1.15. The molecule has 1 aromatic carbocycles. The van der Waals surface area contributed by atoms with Crippen LogP contribution in [-0.4, -0.2) is 13.1 Å². The Hall–Kier alpha value is -1.20. The van der Waals surface area contributed by atoms with Crippen LogP contribution in [0.1, 0.15) is 43.7 Å². The van der Waals surface area contributed by atoms with Crippen LogP contribution < -0.4 is 4.90 Å². The lowest BCUT2D eigenvalue weighted by atomic mass is 9.84. The fraction of sp³-hybridized carbons (Fsp3) is 0.562. The number of anilines is 1. The fourth-order valence-electron chi connectivity index (χ4n) is 3.11. The van der Waals surface area contributed by atoms with Gasteiger partial charge >= 0.3 is 0 Å². The van der Waals surface area contributed by atoms with Crippen molar-refractivity contribution < 1.29 is 0 Å². The average molecular weight is 277 g/mol. The highest BCUT2D eigenvalue weighted by atomic mass is 35.5. The number of halogens is 1. The van der Waals surface area contributed by atoms with Crippen LogP contribution in [0, 0.1) is 17.2 Å². The molecule has 1 fully saturated rings. The minimum atomic E-state index is 0.457. The second-order valence-electron chi connectivity index (χ2n) is 5.54. The summed E-state index contributed by atoms with van der Waals surface area (Å²) < 4.78 is 0. The van der Waals surface area contributed by atoms with Gasteiger partial charge in [-0.25, -0.2) is 0 Å². The SMILES string of the molecule is CC1CCCCC1N(C)c1ccc(CCl)cc1C#N. The van der Waals surface area contributed by atoms with E-state index in [2.05, 4.69) is 24.9 Å². The first-order chi connectivity index (χ1) is 9.17. The van der Waals surface area contributed by atoms with E-state index in [4.69, 9.17) is 11.6 Å². The summed E-state index contributed by atoms with van der Waals surface area (Å²) in [6, 6.07) is 8.82. The van der Waals surface area contributed by atoms with Crippen molar-refractivity contribution >= 4 is 17.3 Å². The van der Waals surface area contributed by atoms with Gasteiger partial charge in [0.2, 0.25) is 0 Å². The van der Waals surface area contributed by atoms with Crippen LogP contribution in [0.3, 0.4) is 0 Å². The van der Waals surface area contributed by atoms with Crippen molar-refractivity contribution in [2.75, 3.05) is 11.9 Å². The second kappa shape index (κ2) is 6.30. The summed E-state index contributed by atoms with van der Waals surface area (Å²) in [6.45, 7) is 2.32. The number of alkyl halides is 1. The predicted octanol–water partition coefficient (Wildman–Crippen LogP) is 4.31. The van der Waals surface area contributed by atoms with Crippen molar-refractivity contribution in [2.24, 2.45) is 5.92 Å². The fourth-order valence-corrected chi connectivity index (χ4v) is 3.28. The van der Waals surface area contributed by atoms with Crippen LogP contribution in [0.15, 0.2) is 18.2 Å². The Morgan fingerprint density at radius 3 is 2.74 bits per heavy atom. The molecule has 2 atom stereocenters. The van der Waals surface area contributed by atoms with Gasteiger partial charge in [-0.05, 0) is 36.5 Å². The van der Waals surface area contributed by atoms with Gasteiger partial charge < -0.3 is 4.90 Å². The highest BCUT2D eigenvalue weighted by Crippen LogP contribution is 2.32. The van der Waals surface area contributed by atoms with Gasteiger partial charge in [-0.1, -0.05) is 25.8 Å². The molecular weight excluding hydrogens is 256 g/mol. The maximum Gasteiger partial charge on any atom is 0.101 e. The van der Waals surface area contributed by atoms with Crippen molar-refractivity contribution in [3.05, 3.63) is 29.3 Å². The van der Waals surface area contributed by atoms with E-state index >= 15 is 0 Å². The summed E-state index contributed by atoms with van der Waals surface area (Å²) in [7, 11) is 2.11. The second-order valence-corrected chi connectivity index (χ2v) is 5.80. The quantitative estimate of drug-likeness (QED) is 0.769. The molecule has 2 rings (SSSR count). The number of benzene rings is 1. The standard InChI is InChI=1S/C16H21ClN2/c1-12-5-3-4-6-15(12)19(2)16-8-7-13(10-17)9-14(16)11-18/h7-9,12,15H,3-6,10H2,1-2H3. The molecule has 0 bridgehead atoms. The van der Waals surface area contributed by atoms with Gasteiger partial charge in [-0.15, -0.1) is 11.6 Å². The molecule has 1 aliphatic rings. The molecule has 3 heteroatoms. The van der Waals surface area contributed by atoms with Crippen molar-refractivity contribution in [1.29, 1.82) is 5.26 Å². The van der Waals surface area contributed by atoms with Crippen molar-refractivity contribution in [3.63, 3.8) is 0 Å². The Balaban J connectivity index is 2.27. The molecule has 19 heavy (non-hydrogen) atoms. The highest BCUT2D eigenvalue weighted by Gasteiger charge is 2.26. The zero-order valence-corrected chi connectivity index (χ0v) is 12.5. The number of hydrogen-bond donors (Lipinski definition) is 0. The molecule has 0 heterocycles. The molecule has 0 spiro atoms. The van der Waals surface area contributed by atoms with Gasteiger partial charge in [0.25, 0.3) is 0 Å². The molecule has 0 amide bonds. The minimum Gasteiger partial charge on any atom is -0.370 e. The lowest BCUT2D eigenvalue weighted by Crippen LogP contribution is -2.39. The van der Waals surface area contributed by atoms with Crippen molar-refractivity contribution in [3.8, 4) is 6.07 Å². The zero-order valence-electron chi connectivity index (χ0n) is 11.7. The van der Waals surface area contributed by atoms with Gasteiger partial charge in [-0.2, -0.15) is 5.26 Å². The highest BCUT2D eigenvalue weighted by molar-refractivity contribution is 6.17. The van der Waals surface area contributed by atoms with Crippen LogP contribution in [-0.2, 0) is 5.88 Å². The molecule has 1 saturated carbocycles. The van der Waals surface area contributed by atoms with Crippen LogP contribution in [0.4, 0.5) is 5.69 Å². The molecule has 0 radical (unpaired) electrons. The molecule has 1 aromatic rings. The Morgan fingerprint density at radius 2 is 2.11 bits per heavy atom. The van der Waals surface area contributed by atoms with E-state index in [-0.39, 0.29) is 0 Å². The summed E-state index contributed by atoms with van der Waals surface area (Å²) in [5, 5.41) is 9.33. The number of nitriles is 1. The van der Waals surface area contributed by atoms with E-state index in [1.165, 1.54) is 25.7 Å². The molecule has 102 valence electrons. The largest absolute Gasteiger partial charge is 0.370 e. The lowest BCUT2D eigenvalue weighted by molar-refractivity contribution is 0.321. The summed E-state index contributed by atoms with van der Waals surface area (Å²) in [5.41, 5.74) is 2.78. The van der Waals surface area contributed by atoms with Crippen molar-refractivity contribution in [2.45, 2.75) is 44.5 Å². The third-order valence-electron chi connectivity index (χ3n) is 4.28. The summed E-state index contributed by atoms with van der Waals surface area (Å²) in [4.78, 5) is 2.29. The minimum absolute atomic E-state index is 0.457. The third kappa shape index (κ3) is 3.04. The maximum atomic E-state index is 9.33. The monoisotopic (exact) mass is 276 g/mol. The van der Waals surface area contributed by atoms with Gasteiger partial charge in [0.1, 0.15) is 6.07 Å². The Labute approximate surface area is 121 Å². The topological polar surface area (TPSA) is 27.0 Å². The van der Waals surface area contributed by atoms with Gasteiger partial charge in [0, 0.05) is 19.0 Å². The molecule has 0 aromatic heterocycles. The van der Waals surface area contributed by atoms with Crippen LogP contribution in [0.2, 0.25) is 0 Å². The van der Waals surface area contributed by atoms with E-state index in [1.807, 2.05) is 18.2 Å². The first-order valence-electron chi connectivity index (χ1n) is 6.99. The molecule has 2 nitrogen and oxygen atoms in total. The lowest BCUT2D eigenvalue weighted by Gasteiger charge is -2.38. The van der Waals surface area contributed by atoms with E-state index in [0.717, 1.165) is 16.8 Å². The van der Waals surface area contributed by atoms with Gasteiger partial charge in [-0.3, -0.25) is 0 Å². The maximum absolute atomic E-state index is 9.33. The van der Waals surface area contributed by atoms with E-state index in [9.17, 15) is 5.26 Å². The summed E-state index contributed by atoms with van der Waals surface area (Å²) in [6.07, 6.45) is 5.14. The molecule has 1 aliphatic carbocycles. The zero-order chi connectivity index (χ0) is 13.8. The van der Waals surface area contributed by atoms with Crippen LogP contribution in [0.5, 0.6) is 0 Å². The van der Waals surface area contributed by atoms with E-state index in [1.54, 1.807) is 0 Å². The van der Waals surface area contributed by atoms with Crippen molar-refractivity contribution in [1.82, 2.24) is 0 Å². The molecule has 0 saturated heterocycles. The number of rotatable bonds is 3. The Bertz CT molecular complexity index is 478. The number of hydrogen-bond acceptors (Lipinski definition) is 2. The predicted molar refractivity (Wildman–Crippen MR) is 80.5 cm³/mol. The third-order valence-corrected chi connectivity index (χ3v) is 4.59. The normalized spacial score (nSPS) is 22.8. The van der Waals surface area contributed by atoms with E-state index in [0.29, 0.717) is 17.8 Å². The Morgan fingerprint density at radius 1 is 1.37 bits per heavy atom. The van der Waals surface area contributed by atoms with Gasteiger partial charge in [0.15, 0.2) is 0 Å². The van der Waals surface area contributed by atoms with E-state index < -0.39 is 0 Å². The Kier molecular flexibility index (Phi) is 4.71. The molecule has 0 aliphatic heterocycles. The summed E-state index contributed by atoms with van der Waals surface area (Å²) >= 11 is 5.84. The van der Waals surface area contributed by atoms with Crippen LogP contribution >= 0.6 is 11.6 Å².